The van der Waals surface area contributed by atoms with Gasteiger partial charge in [0.2, 0.25) is 0 Å². The van der Waals surface area contributed by atoms with Crippen LogP contribution in [0.4, 0.5) is 5.82 Å². The number of nitrogens with zero attached hydrogens (tertiary/aromatic N) is 4. The van der Waals surface area contributed by atoms with Gasteiger partial charge in [-0.15, -0.1) is 0 Å². The first kappa shape index (κ1) is 12.7. The predicted octanol–water partition coefficient (Wildman–Crippen LogP) is 1.21. The average Bonchev–Trinajstić information content (AvgIpc) is 2.91. The summed E-state index contributed by atoms with van der Waals surface area (Å²) in [7, 11) is 1.93. The molecule has 0 aromatic carbocycles. The number of aryl methyl sites for hydroxylation is 2. The molecule has 3 heterocycles. The van der Waals surface area contributed by atoms with Crippen LogP contribution in [0.1, 0.15) is 35.8 Å². The van der Waals surface area contributed by atoms with E-state index in [2.05, 4.69) is 21.8 Å². The van der Waals surface area contributed by atoms with Crippen molar-refractivity contribution < 1.29 is 4.79 Å². The Balaban J connectivity index is 1.95. The lowest BCUT2D eigenvalue weighted by atomic mass is 10.1. The van der Waals surface area contributed by atoms with Crippen molar-refractivity contribution in [2.75, 3.05) is 24.5 Å². The van der Waals surface area contributed by atoms with Gasteiger partial charge in [-0.2, -0.15) is 5.10 Å². The summed E-state index contributed by atoms with van der Waals surface area (Å²) in [5, 5.41) is 4.41. The molecule has 0 saturated carbocycles. The largest absolute Gasteiger partial charge is 0.351 e. The highest BCUT2D eigenvalue weighted by Crippen LogP contribution is 2.30. The van der Waals surface area contributed by atoms with E-state index in [-0.39, 0.29) is 0 Å². The fourth-order valence-corrected chi connectivity index (χ4v) is 3.62. The Morgan fingerprint density at radius 1 is 1.37 bits per heavy atom. The lowest BCUT2D eigenvalue weighted by molar-refractivity contribution is 0.112. The standard InChI is InChI=1S/C14H22N4O/c1-10-7-17-6-4-5-12(17)8-18(10)14-13(9-19)11(2)15-16(14)3/h9-10,12H,4-8H2,1-3H3. The minimum atomic E-state index is 0.433. The second-order valence-electron chi connectivity index (χ2n) is 5.86. The number of fused-ring (bicyclic) bond motifs is 1. The number of carbonyl (C=O) groups excluding carboxylic acids is 1. The van der Waals surface area contributed by atoms with Gasteiger partial charge in [-0.05, 0) is 33.2 Å². The Kier molecular flexibility index (Phi) is 3.09. The van der Waals surface area contributed by atoms with E-state index >= 15 is 0 Å². The molecular weight excluding hydrogens is 240 g/mol. The summed E-state index contributed by atoms with van der Waals surface area (Å²) < 4.78 is 1.86. The van der Waals surface area contributed by atoms with E-state index in [4.69, 9.17) is 0 Å². The van der Waals surface area contributed by atoms with Crippen LogP contribution >= 0.6 is 0 Å². The molecule has 0 radical (unpaired) electrons. The third kappa shape index (κ3) is 1.96. The number of carbonyl (C=O) groups is 1. The Labute approximate surface area is 114 Å². The van der Waals surface area contributed by atoms with Gasteiger partial charge in [0, 0.05) is 32.2 Å². The molecule has 3 rings (SSSR count). The van der Waals surface area contributed by atoms with Crippen molar-refractivity contribution in [3.8, 4) is 0 Å². The molecule has 0 amide bonds. The van der Waals surface area contributed by atoms with Gasteiger partial charge >= 0.3 is 0 Å². The maximum absolute atomic E-state index is 11.3. The van der Waals surface area contributed by atoms with E-state index < -0.39 is 0 Å². The van der Waals surface area contributed by atoms with Crippen molar-refractivity contribution in [2.45, 2.75) is 38.8 Å². The van der Waals surface area contributed by atoms with E-state index in [1.165, 1.54) is 19.4 Å². The van der Waals surface area contributed by atoms with E-state index in [0.29, 0.717) is 12.1 Å². The Morgan fingerprint density at radius 3 is 2.89 bits per heavy atom. The number of hydrogen-bond donors (Lipinski definition) is 0. The van der Waals surface area contributed by atoms with Gasteiger partial charge in [-0.3, -0.25) is 14.4 Å². The quantitative estimate of drug-likeness (QED) is 0.751. The molecule has 0 aliphatic carbocycles. The van der Waals surface area contributed by atoms with E-state index in [1.807, 2.05) is 18.7 Å². The lowest BCUT2D eigenvalue weighted by Crippen LogP contribution is -2.55. The normalized spacial score (nSPS) is 27.6. The molecule has 1 aromatic rings. The number of aromatic nitrogens is 2. The highest BCUT2D eigenvalue weighted by atomic mass is 16.1. The van der Waals surface area contributed by atoms with Gasteiger partial charge in [0.05, 0.1) is 11.3 Å². The molecule has 2 unspecified atom stereocenters. The van der Waals surface area contributed by atoms with Crippen LogP contribution < -0.4 is 4.90 Å². The van der Waals surface area contributed by atoms with Crippen molar-refractivity contribution in [2.24, 2.45) is 7.05 Å². The Morgan fingerprint density at radius 2 is 2.16 bits per heavy atom. The van der Waals surface area contributed by atoms with Gasteiger partial charge < -0.3 is 4.90 Å². The number of aldehydes is 1. The molecule has 2 fully saturated rings. The molecule has 2 saturated heterocycles. The van der Waals surface area contributed by atoms with Gasteiger partial charge in [-0.25, -0.2) is 0 Å². The molecular formula is C14H22N4O. The summed E-state index contributed by atoms with van der Waals surface area (Å²) in [4.78, 5) is 16.3. The second-order valence-corrected chi connectivity index (χ2v) is 5.86. The zero-order valence-corrected chi connectivity index (χ0v) is 12.0. The minimum Gasteiger partial charge on any atom is -0.351 e. The maximum Gasteiger partial charge on any atom is 0.155 e. The second kappa shape index (κ2) is 4.63. The van der Waals surface area contributed by atoms with E-state index in [9.17, 15) is 4.79 Å². The number of piperazine rings is 1. The van der Waals surface area contributed by atoms with Crippen molar-refractivity contribution in [1.82, 2.24) is 14.7 Å². The number of anilines is 1. The van der Waals surface area contributed by atoms with Crippen LogP contribution in [-0.4, -0.2) is 52.7 Å². The van der Waals surface area contributed by atoms with Gasteiger partial charge in [0.15, 0.2) is 6.29 Å². The van der Waals surface area contributed by atoms with Crippen LogP contribution in [0.15, 0.2) is 0 Å². The smallest absolute Gasteiger partial charge is 0.155 e. The summed E-state index contributed by atoms with van der Waals surface area (Å²) in [6.45, 7) is 7.48. The van der Waals surface area contributed by atoms with Crippen molar-refractivity contribution in [1.29, 1.82) is 0 Å². The van der Waals surface area contributed by atoms with Crippen LogP contribution in [0.3, 0.4) is 0 Å². The monoisotopic (exact) mass is 262 g/mol. The first-order valence-electron chi connectivity index (χ1n) is 7.11. The first-order chi connectivity index (χ1) is 9.11. The van der Waals surface area contributed by atoms with Gasteiger partial charge in [0.1, 0.15) is 5.82 Å². The maximum atomic E-state index is 11.3. The molecule has 5 heteroatoms. The molecule has 19 heavy (non-hydrogen) atoms. The third-order valence-corrected chi connectivity index (χ3v) is 4.56. The van der Waals surface area contributed by atoms with Crippen molar-refractivity contribution in [3.63, 3.8) is 0 Å². The molecule has 104 valence electrons. The van der Waals surface area contributed by atoms with Crippen LogP contribution in [0.2, 0.25) is 0 Å². The molecule has 2 aliphatic rings. The number of hydrogen-bond acceptors (Lipinski definition) is 4. The van der Waals surface area contributed by atoms with Gasteiger partial charge in [-0.1, -0.05) is 0 Å². The fourth-order valence-electron chi connectivity index (χ4n) is 3.62. The molecule has 0 spiro atoms. The minimum absolute atomic E-state index is 0.433. The van der Waals surface area contributed by atoms with Crippen LogP contribution in [0.25, 0.3) is 0 Å². The topological polar surface area (TPSA) is 41.4 Å². The molecule has 0 bridgehead atoms. The zero-order chi connectivity index (χ0) is 13.6. The SMILES string of the molecule is Cc1nn(C)c(N2CC3CCCN3CC2C)c1C=O. The van der Waals surface area contributed by atoms with E-state index in [0.717, 1.165) is 36.5 Å². The predicted molar refractivity (Wildman–Crippen MR) is 74.7 cm³/mol. The molecule has 5 nitrogen and oxygen atoms in total. The van der Waals surface area contributed by atoms with E-state index in [1.54, 1.807) is 0 Å². The number of rotatable bonds is 2. The summed E-state index contributed by atoms with van der Waals surface area (Å²) in [6, 6.07) is 1.08. The van der Waals surface area contributed by atoms with Crippen molar-refractivity contribution in [3.05, 3.63) is 11.3 Å². The van der Waals surface area contributed by atoms with Crippen LogP contribution in [0, 0.1) is 6.92 Å². The van der Waals surface area contributed by atoms with Crippen molar-refractivity contribution >= 4 is 12.1 Å². The summed E-state index contributed by atoms with van der Waals surface area (Å²) in [5.74, 6) is 0.992. The Bertz CT molecular complexity index is 496. The van der Waals surface area contributed by atoms with Crippen LogP contribution in [0.5, 0.6) is 0 Å². The summed E-state index contributed by atoms with van der Waals surface area (Å²) in [5.41, 5.74) is 1.58. The fraction of sp³-hybridized carbons (Fsp3) is 0.714. The molecule has 2 atom stereocenters. The first-order valence-corrected chi connectivity index (χ1v) is 7.11. The highest BCUT2D eigenvalue weighted by molar-refractivity contribution is 5.85. The highest BCUT2D eigenvalue weighted by Gasteiger charge is 2.36. The Hall–Kier alpha value is -1.36. The zero-order valence-electron chi connectivity index (χ0n) is 12.0. The van der Waals surface area contributed by atoms with Crippen LogP contribution in [-0.2, 0) is 7.05 Å². The molecule has 2 aliphatic heterocycles. The summed E-state index contributed by atoms with van der Waals surface area (Å²) >= 11 is 0. The van der Waals surface area contributed by atoms with Gasteiger partial charge in [0.25, 0.3) is 0 Å². The third-order valence-electron chi connectivity index (χ3n) is 4.56. The average molecular weight is 262 g/mol. The summed E-state index contributed by atoms with van der Waals surface area (Å²) in [6.07, 6.45) is 3.53. The lowest BCUT2D eigenvalue weighted by Gasteiger charge is -2.43. The molecule has 1 aromatic heterocycles. The molecule has 0 N–H and O–H groups in total.